The van der Waals surface area contributed by atoms with Gasteiger partial charge in [0.15, 0.2) is 5.96 Å². The van der Waals surface area contributed by atoms with E-state index in [1.807, 2.05) is 0 Å². The fraction of sp³-hybridized carbons (Fsp3) is 0.526. The third-order valence-corrected chi connectivity index (χ3v) is 4.67. The Morgan fingerprint density at radius 3 is 2.27 bits per heavy atom. The lowest BCUT2D eigenvalue weighted by molar-refractivity contribution is 0.0652. The van der Waals surface area contributed by atoms with E-state index < -0.39 is 0 Å². The SMILES string of the molecule is CCNC(=NCCCCN1C(=O)c2ccccc2C1=O)N1CCCC1.I. The molecule has 1 saturated heterocycles. The van der Waals surface area contributed by atoms with Gasteiger partial charge in [-0.15, -0.1) is 24.0 Å². The highest BCUT2D eigenvalue weighted by atomic mass is 127. The van der Waals surface area contributed by atoms with Crippen LogP contribution in [0.25, 0.3) is 0 Å². The number of fused-ring (bicyclic) bond motifs is 1. The van der Waals surface area contributed by atoms with E-state index in [1.54, 1.807) is 24.3 Å². The first-order chi connectivity index (χ1) is 12.2. The summed E-state index contributed by atoms with van der Waals surface area (Å²) in [7, 11) is 0. The molecule has 2 aliphatic heterocycles. The molecule has 2 amide bonds. The van der Waals surface area contributed by atoms with Gasteiger partial charge in [-0.3, -0.25) is 19.5 Å². The van der Waals surface area contributed by atoms with Gasteiger partial charge in [-0.05, 0) is 44.7 Å². The molecule has 0 atom stereocenters. The van der Waals surface area contributed by atoms with Crippen LogP contribution in [0.4, 0.5) is 0 Å². The van der Waals surface area contributed by atoms with Crippen molar-refractivity contribution >= 4 is 41.8 Å². The number of hydrogen-bond acceptors (Lipinski definition) is 3. The van der Waals surface area contributed by atoms with Crippen molar-refractivity contribution in [1.29, 1.82) is 0 Å². The van der Waals surface area contributed by atoms with Crippen molar-refractivity contribution in [3.05, 3.63) is 35.4 Å². The number of carbonyl (C=O) groups is 2. The molecule has 1 aromatic carbocycles. The molecule has 3 rings (SSSR count). The predicted molar refractivity (Wildman–Crippen MR) is 113 cm³/mol. The largest absolute Gasteiger partial charge is 0.357 e. The van der Waals surface area contributed by atoms with E-state index in [4.69, 9.17) is 0 Å². The molecule has 1 aromatic rings. The number of amides is 2. The summed E-state index contributed by atoms with van der Waals surface area (Å²) < 4.78 is 0. The molecular weight excluding hydrogens is 443 g/mol. The van der Waals surface area contributed by atoms with Gasteiger partial charge in [0.1, 0.15) is 0 Å². The number of guanidine groups is 1. The zero-order valence-electron chi connectivity index (χ0n) is 15.2. The molecule has 0 bridgehead atoms. The Bertz CT molecular complexity index is 636. The summed E-state index contributed by atoms with van der Waals surface area (Å²) in [6.45, 7) is 6.25. The van der Waals surface area contributed by atoms with Crippen molar-refractivity contribution < 1.29 is 9.59 Å². The Balaban J connectivity index is 0.00000243. The Morgan fingerprint density at radius 1 is 1.08 bits per heavy atom. The van der Waals surface area contributed by atoms with Crippen molar-refractivity contribution in [1.82, 2.24) is 15.1 Å². The van der Waals surface area contributed by atoms with E-state index in [-0.39, 0.29) is 35.8 Å². The van der Waals surface area contributed by atoms with Crippen LogP contribution >= 0.6 is 24.0 Å². The van der Waals surface area contributed by atoms with Crippen LogP contribution in [0.1, 0.15) is 53.3 Å². The molecule has 0 aromatic heterocycles. The monoisotopic (exact) mass is 470 g/mol. The highest BCUT2D eigenvalue weighted by Gasteiger charge is 2.34. The number of halogens is 1. The molecule has 0 radical (unpaired) electrons. The van der Waals surface area contributed by atoms with Gasteiger partial charge in [-0.1, -0.05) is 12.1 Å². The Hall–Kier alpha value is -1.64. The molecule has 0 saturated carbocycles. The number of hydrogen-bond donors (Lipinski definition) is 1. The van der Waals surface area contributed by atoms with E-state index in [1.165, 1.54) is 17.7 Å². The van der Waals surface area contributed by atoms with Gasteiger partial charge in [0.2, 0.25) is 0 Å². The van der Waals surface area contributed by atoms with E-state index in [0.29, 0.717) is 24.2 Å². The Labute approximate surface area is 172 Å². The number of nitrogens with zero attached hydrogens (tertiary/aromatic N) is 3. The van der Waals surface area contributed by atoms with Crippen LogP contribution in [0, 0.1) is 0 Å². The highest BCUT2D eigenvalue weighted by molar-refractivity contribution is 14.0. The molecule has 6 nitrogen and oxygen atoms in total. The maximum atomic E-state index is 12.3. The zero-order chi connectivity index (χ0) is 17.6. The Kier molecular flexibility index (Phi) is 7.86. The molecule has 0 unspecified atom stereocenters. The topological polar surface area (TPSA) is 65.0 Å². The second-order valence-electron chi connectivity index (χ2n) is 6.44. The summed E-state index contributed by atoms with van der Waals surface area (Å²) in [5, 5.41) is 3.34. The van der Waals surface area contributed by atoms with Crippen LogP contribution in [-0.4, -0.2) is 60.3 Å². The van der Waals surface area contributed by atoms with Gasteiger partial charge < -0.3 is 10.2 Å². The van der Waals surface area contributed by atoms with Crippen molar-refractivity contribution in [2.75, 3.05) is 32.7 Å². The number of carbonyl (C=O) groups excluding carboxylic acids is 2. The molecule has 26 heavy (non-hydrogen) atoms. The smallest absolute Gasteiger partial charge is 0.261 e. The molecule has 7 heteroatoms. The highest BCUT2D eigenvalue weighted by Crippen LogP contribution is 2.22. The number of likely N-dealkylation sites (tertiary alicyclic amines) is 1. The molecule has 1 N–H and O–H groups in total. The van der Waals surface area contributed by atoms with Crippen LogP contribution in [0.15, 0.2) is 29.3 Å². The van der Waals surface area contributed by atoms with Crippen LogP contribution in [0.2, 0.25) is 0 Å². The lowest BCUT2D eigenvalue weighted by Gasteiger charge is -2.20. The maximum Gasteiger partial charge on any atom is 0.261 e. The fourth-order valence-corrected chi connectivity index (χ4v) is 3.36. The molecule has 0 aliphatic carbocycles. The van der Waals surface area contributed by atoms with E-state index >= 15 is 0 Å². The van der Waals surface area contributed by atoms with Gasteiger partial charge in [-0.2, -0.15) is 0 Å². The molecular formula is C19H27IN4O2. The molecule has 0 spiro atoms. The quantitative estimate of drug-likeness (QED) is 0.228. The first kappa shape index (κ1) is 20.7. The number of imide groups is 1. The fourth-order valence-electron chi connectivity index (χ4n) is 3.36. The van der Waals surface area contributed by atoms with Crippen molar-refractivity contribution in [2.24, 2.45) is 4.99 Å². The molecule has 1 fully saturated rings. The van der Waals surface area contributed by atoms with Crippen LogP contribution in [-0.2, 0) is 0 Å². The summed E-state index contributed by atoms with van der Waals surface area (Å²) in [5.74, 6) is 0.643. The number of benzene rings is 1. The normalized spacial score (nSPS) is 16.7. The first-order valence-corrected chi connectivity index (χ1v) is 9.21. The third-order valence-electron chi connectivity index (χ3n) is 4.67. The van der Waals surface area contributed by atoms with Crippen LogP contribution < -0.4 is 5.32 Å². The van der Waals surface area contributed by atoms with Crippen molar-refractivity contribution in [3.63, 3.8) is 0 Å². The van der Waals surface area contributed by atoms with E-state index in [9.17, 15) is 9.59 Å². The lowest BCUT2D eigenvalue weighted by atomic mass is 10.1. The Morgan fingerprint density at radius 2 is 1.69 bits per heavy atom. The number of nitrogens with one attached hydrogen (secondary N) is 1. The predicted octanol–water partition coefficient (Wildman–Crippen LogP) is 2.74. The number of rotatable bonds is 6. The van der Waals surface area contributed by atoms with Crippen molar-refractivity contribution in [2.45, 2.75) is 32.6 Å². The number of unbranched alkanes of at least 4 members (excludes halogenated alkanes) is 1. The summed E-state index contributed by atoms with van der Waals surface area (Å²) in [6.07, 6.45) is 4.08. The average Bonchev–Trinajstić information content (AvgIpc) is 3.24. The molecule has 2 aliphatic rings. The van der Waals surface area contributed by atoms with Gasteiger partial charge >= 0.3 is 0 Å². The second-order valence-corrected chi connectivity index (χ2v) is 6.44. The minimum atomic E-state index is -0.172. The summed E-state index contributed by atoms with van der Waals surface area (Å²) in [5.41, 5.74) is 1.04. The molecule has 2 heterocycles. The second kappa shape index (κ2) is 9.89. The average molecular weight is 470 g/mol. The maximum absolute atomic E-state index is 12.3. The van der Waals surface area contributed by atoms with Gasteiger partial charge in [0.25, 0.3) is 11.8 Å². The lowest BCUT2D eigenvalue weighted by Crippen LogP contribution is -2.39. The summed E-state index contributed by atoms with van der Waals surface area (Å²) in [6, 6.07) is 7.03. The zero-order valence-corrected chi connectivity index (χ0v) is 17.6. The van der Waals surface area contributed by atoms with Crippen molar-refractivity contribution in [3.8, 4) is 0 Å². The first-order valence-electron chi connectivity index (χ1n) is 9.21. The van der Waals surface area contributed by atoms with Gasteiger partial charge in [0.05, 0.1) is 11.1 Å². The standard InChI is InChI=1S/C19H26N4O2.HI/c1-2-20-19(22-12-7-8-13-22)21-11-5-6-14-23-17(24)15-9-3-4-10-16(15)18(23)25;/h3-4,9-10H,2,5-8,11-14H2,1H3,(H,20,21);1H. The minimum Gasteiger partial charge on any atom is -0.357 e. The van der Waals surface area contributed by atoms with Crippen LogP contribution in [0.3, 0.4) is 0 Å². The number of aliphatic imine (C=N–C) groups is 1. The van der Waals surface area contributed by atoms with Crippen LogP contribution in [0.5, 0.6) is 0 Å². The van der Waals surface area contributed by atoms with Gasteiger partial charge in [-0.25, -0.2) is 0 Å². The minimum absolute atomic E-state index is 0. The third kappa shape index (κ3) is 4.55. The summed E-state index contributed by atoms with van der Waals surface area (Å²) in [4.78, 5) is 32.9. The summed E-state index contributed by atoms with van der Waals surface area (Å²) >= 11 is 0. The molecule has 142 valence electrons. The van der Waals surface area contributed by atoms with E-state index in [0.717, 1.165) is 38.4 Å². The van der Waals surface area contributed by atoms with E-state index in [2.05, 4.69) is 22.1 Å². The van der Waals surface area contributed by atoms with Gasteiger partial charge in [0, 0.05) is 32.7 Å².